The third kappa shape index (κ3) is 3.92. The Labute approximate surface area is 165 Å². The highest BCUT2D eigenvalue weighted by Gasteiger charge is 2.30. The predicted octanol–water partition coefficient (Wildman–Crippen LogP) is 7.18. The highest BCUT2D eigenvalue weighted by atomic mass is 19.4. The molecule has 0 radical (unpaired) electrons. The summed E-state index contributed by atoms with van der Waals surface area (Å²) in [5, 5.41) is 11.7. The fraction of sp³-hybridized carbons (Fsp3) is 0.0417. The second-order valence-electron chi connectivity index (χ2n) is 6.51. The van der Waals surface area contributed by atoms with Crippen LogP contribution in [0.5, 0.6) is 0 Å². The minimum atomic E-state index is -4.42. The second kappa shape index (κ2) is 7.33. The molecule has 0 aliphatic carbocycles. The molecule has 0 unspecified atom stereocenters. The van der Waals surface area contributed by atoms with Crippen molar-refractivity contribution in [2.24, 2.45) is 0 Å². The van der Waals surface area contributed by atoms with Gasteiger partial charge in [-0.2, -0.15) is 18.4 Å². The highest BCUT2D eigenvalue weighted by Crippen LogP contribution is 2.33. The first kappa shape index (κ1) is 18.6. The lowest BCUT2D eigenvalue weighted by atomic mass is 10.0. The normalized spacial score (nSPS) is 12.1. The molecule has 0 amide bonds. The van der Waals surface area contributed by atoms with E-state index < -0.39 is 11.7 Å². The number of furan rings is 1. The zero-order valence-electron chi connectivity index (χ0n) is 15.1. The van der Waals surface area contributed by atoms with Gasteiger partial charge in [-0.25, -0.2) is 0 Å². The maximum absolute atomic E-state index is 12.9. The maximum atomic E-state index is 12.9. The number of rotatable bonds is 3. The standard InChI is InChI=1S/C24H14F3NO/c25-24(26,27)21-7-3-6-19(13-21)23-11-10-22(29-23)14-20(15-28)18-9-8-16-4-1-2-5-17(16)12-18/h1-14H/b20-14-. The van der Waals surface area contributed by atoms with Gasteiger partial charge in [-0.05, 0) is 52.7 Å². The maximum Gasteiger partial charge on any atom is 0.416 e. The Bertz CT molecular complexity index is 1260. The Morgan fingerprint density at radius 1 is 0.862 bits per heavy atom. The molecule has 142 valence electrons. The molecule has 0 saturated carbocycles. The van der Waals surface area contributed by atoms with E-state index in [1.807, 2.05) is 42.5 Å². The van der Waals surface area contributed by atoms with Gasteiger partial charge in [-0.3, -0.25) is 0 Å². The molecule has 0 aliphatic rings. The van der Waals surface area contributed by atoms with Crippen LogP contribution in [-0.2, 0) is 6.18 Å². The Balaban J connectivity index is 1.68. The molecule has 0 spiro atoms. The Morgan fingerprint density at radius 2 is 1.66 bits per heavy atom. The first-order chi connectivity index (χ1) is 13.9. The van der Waals surface area contributed by atoms with E-state index in [0.29, 0.717) is 22.7 Å². The van der Waals surface area contributed by atoms with E-state index in [1.54, 1.807) is 24.3 Å². The van der Waals surface area contributed by atoms with Gasteiger partial charge >= 0.3 is 6.18 Å². The van der Waals surface area contributed by atoms with Crippen molar-refractivity contribution in [3.8, 4) is 17.4 Å². The molecule has 5 heteroatoms. The molecule has 4 rings (SSSR count). The summed E-state index contributed by atoms with van der Waals surface area (Å²) in [6.45, 7) is 0. The van der Waals surface area contributed by atoms with E-state index in [4.69, 9.17) is 4.42 Å². The van der Waals surface area contributed by atoms with Crippen molar-refractivity contribution in [1.82, 2.24) is 0 Å². The minimum Gasteiger partial charge on any atom is -0.457 e. The molecule has 0 aliphatic heterocycles. The summed E-state index contributed by atoms with van der Waals surface area (Å²) in [4.78, 5) is 0. The van der Waals surface area contributed by atoms with E-state index in [-0.39, 0.29) is 0 Å². The van der Waals surface area contributed by atoms with Gasteiger partial charge < -0.3 is 4.42 Å². The summed E-state index contributed by atoms with van der Waals surface area (Å²) in [5.74, 6) is 0.695. The smallest absolute Gasteiger partial charge is 0.416 e. The Hall–Kier alpha value is -3.78. The van der Waals surface area contributed by atoms with E-state index in [2.05, 4.69) is 6.07 Å². The number of hydrogen-bond acceptors (Lipinski definition) is 2. The highest BCUT2D eigenvalue weighted by molar-refractivity contribution is 5.93. The zero-order valence-corrected chi connectivity index (χ0v) is 15.1. The van der Waals surface area contributed by atoms with Crippen molar-refractivity contribution in [1.29, 1.82) is 5.26 Å². The summed E-state index contributed by atoms with van der Waals surface area (Å²) >= 11 is 0. The molecule has 2 nitrogen and oxygen atoms in total. The number of benzene rings is 3. The first-order valence-electron chi connectivity index (χ1n) is 8.82. The molecule has 0 bridgehead atoms. The molecule has 4 aromatic rings. The van der Waals surface area contributed by atoms with Crippen LogP contribution in [0.2, 0.25) is 0 Å². The fourth-order valence-electron chi connectivity index (χ4n) is 3.11. The first-order valence-corrected chi connectivity index (χ1v) is 8.82. The van der Waals surface area contributed by atoms with E-state index >= 15 is 0 Å². The lowest BCUT2D eigenvalue weighted by Gasteiger charge is -2.07. The molecule has 1 aromatic heterocycles. The van der Waals surface area contributed by atoms with Crippen LogP contribution in [0.3, 0.4) is 0 Å². The molecule has 0 atom stereocenters. The monoisotopic (exact) mass is 389 g/mol. The molecule has 0 saturated heterocycles. The summed E-state index contributed by atoms with van der Waals surface area (Å²) in [5.41, 5.74) is 0.727. The largest absolute Gasteiger partial charge is 0.457 e. The SMILES string of the molecule is N#C/C(=C/c1ccc(-c2cccc(C(F)(F)F)c2)o1)c1ccc2ccccc2c1. The number of hydrogen-bond donors (Lipinski definition) is 0. The molecule has 1 heterocycles. The van der Waals surface area contributed by atoms with Gasteiger partial charge in [0.05, 0.1) is 17.2 Å². The Kier molecular flexibility index (Phi) is 4.69. The lowest BCUT2D eigenvalue weighted by molar-refractivity contribution is -0.137. The van der Waals surface area contributed by atoms with E-state index in [1.165, 1.54) is 6.07 Å². The third-order valence-corrected chi connectivity index (χ3v) is 4.57. The zero-order chi connectivity index (χ0) is 20.4. The molecular formula is C24H14F3NO. The molecular weight excluding hydrogens is 375 g/mol. The predicted molar refractivity (Wildman–Crippen MR) is 107 cm³/mol. The van der Waals surface area contributed by atoms with Crippen LogP contribution >= 0.6 is 0 Å². The number of fused-ring (bicyclic) bond motifs is 1. The minimum absolute atomic E-state index is 0.304. The van der Waals surface area contributed by atoms with Crippen LogP contribution in [0.25, 0.3) is 33.7 Å². The Morgan fingerprint density at radius 3 is 2.41 bits per heavy atom. The van der Waals surface area contributed by atoms with Gasteiger partial charge in [-0.15, -0.1) is 0 Å². The van der Waals surface area contributed by atoms with Crippen LogP contribution in [-0.4, -0.2) is 0 Å². The van der Waals surface area contributed by atoms with Crippen molar-refractivity contribution in [3.63, 3.8) is 0 Å². The summed E-state index contributed by atoms with van der Waals surface area (Å²) in [7, 11) is 0. The fourth-order valence-corrected chi connectivity index (χ4v) is 3.11. The third-order valence-electron chi connectivity index (χ3n) is 4.57. The summed E-state index contributed by atoms with van der Waals surface area (Å²) in [6, 6.07) is 23.9. The lowest BCUT2D eigenvalue weighted by Crippen LogP contribution is -2.04. The van der Waals surface area contributed by atoms with E-state index in [9.17, 15) is 18.4 Å². The van der Waals surface area contributed by atoms with Gasteiger partial charge in [0.25, 0.3) is 0 Å². The average molecular weight is 389 g/mol. The van der Waals surface area contributed by atoms with Crippen molar-refractivity contribution in [3.05, 3.63) is 95.7 Å². The number of halogens is 3. The summed E-state index contributed by atoms with van der Waals surface area (Å²) < 4.78 is 44.5. The van der Waals surface area contributed by atoms with Crippen molar-refractivity contribution in [2.45, 2.75) is 6.18 Å². The second-order valence-corrected chi connectivity index (χ2v) is 6.51. The molecule has 3 aromatic carbocycles. The van der Waals surface area contributed by atoms with E-state index in [0.717, 1.165) is 28.5 Å². The number of nitrogens with zero attached hydrogens (tertiary/aromatic N) is 1. The number of allylic oxidation sites excluding steroid dienone is 1. The van der Waals surface area contributed by atoms with Crippen LogP contribution in [0.1, 0.15) is 16.9 Å². The van der Waals surface area contributed by atoms with Crippen molar-refractivity contribution >= 4 is 22.4 Å². The van der Waals surface area contributed by atoms with Gasteiger partial charge in [-0.1, -0.05) is 48.5 Å². The number of nitriles is 1. The van der Waals surface area contributed by atoms with Crippen molar-refractivity contribution < 1.29 is 17.6 Å². The van der Waals surface area contributed by atoms with Crippen LogP contribution in [0.4, 0.5) is 13.2 Å². The van der Waals surface area contributed by atoms with Gasteiger partial charge in [0.1, 0.15) is 11.5 Å². The summed E-state index contributed by atoms with van der Waals surface area (Å²) in [6.07, 6.45) is -2.84. The quantitative estimate of drug-likeness (QED) is 0.348. The molecule has 29 heavy (non-hydrogen) atoms. The van der Waals surface area contributed by atoms with Gasteiger partial charge in [0.2, 0.25) is 0 Å². The molecule has 0 N–H and O–H groups in total. The van der Waals surface area contributed by atoms with Crippen LogP contribution < -0.4 is 0 Å². The van der Waals surface area contributed by atoms with Crippen LogP contribution in [0, 0.1) is 11.3 Å². The molecule has 0 fully saturated rings. The van der Waals surface area contributed by atoms with Crippen LogP contribution in [0.15, 0.2) is 83.3 Å². The topological polar surface area (TPSA) is 36.9 Å². The van der Waals surface area contributed by atoms with Gasteiger partial charge in [0.15, 0.2) is 0 Å². The average Bonchev–Trinajstić information content (AvgIpc) is 3.20. The van der Waals surface area contributed by atoms with Crippen molar-refractivity contribution in [2.75, 3.05) is 0 Å². The van der Waals surface area contributed by atoms with Gasteiger partial charge in [0, 0.05) is 5.56 Å². The number of alkyl halides is 3.